The van der Waals surface area contributed by atoms with Gasteiger partial charge in [0.25, 0.3) is 0 Å². The third-order valence-corrected chi connectivity index (χ3v) is 5.01. The maximum Gasteiger partial charge on any atom is 0.240 e. The highest BCUT2D eigenvalue weighted by Crippen LogP contribution is 2.26. The lowest BCUT2D eigenvalue weighted by Crippen LogP contribution is -2.54. The molecule has 1 saturated carbocycles. The van der Waals surface area contributed by atoms with Crippen LogP contribution in [0.5, 0.6) is 0 Å². The van der Waals surface area contributed by atoms with E-state index in [1.165, 1.54) is 6.26 Å². The highest BCUT2D eigenvalue weighted by molar-refractivity contribution is 7.89. The molecule has 2 rings (SSSR count). The lowest BCUT2D eigenvalue weighted by Gasteiger charge is -2.31. The molecule has 0 saturated heterocycles. The van der Waals surface area contributed by atoms with Gasteiger partial charge in [-0.25, -0.2) is 8.42 Å². The van der Waals surface area contributed by atoms with Gasteiger partial charge in [0, 0.05) is 12.8 Å². The first kappa shape index (κ1) is 19.9. The smallest absolute Gasteiger partial charge is 0.240 e. The van der Waals surface area contributed by atoms with Crippen LogP contribution in [0.1, 0.15) is 43.2 Å². The fraction of sp³-hybridized carbons (Fsp3) is 0.562. The number of sulfone groups is 1. The molecule has 0 radical (unpaired) electrons. The van der Waals surface area contributed by atoms with E-state index in [2.05, 4.69) is 5.32 Å². The molecule has 3 N–H and O–H groups in total. The van der Waals surface area contributed by atoms with Crippen molar-refractivity contribution in [2.75, 3.05) is 6.26 Å². The molecule has 1 aliphatic rings. The molecule has 0 aliphatic heterocycles. The van der Waals surface area contributed by atoms with E-state index >= 15 is 0 Å². The molecule has 0 aromatic heterocycles. The molecule has 1 aromatic rings. The molecule has 0 unspecified atom stereocenters. The van der Waals surface area contributed by atoms with Crippen LogP contribution in [0.2, 0.25) is 0 Å². The highest BCUT2D eigenvalue weighted by atomic mass is 35.5. The van der Waals surface area contributed by atoms with Gasteiger partial charge < -0.3 is 11.1 Å². The third-order valence-electron chi connectivity index (χ3n) is 4.17. The van der Waals surface area contributed by atoms with Gasteiger partial charge in [0.2, 0.25) is 5.91 Å². The van der Waals surface area contributed by atoms with Crippen LogP contribution in [0.4, 0.5) is 0 Å². The second-order valence-corrected chi connectivity index (χ2v) is 8.38. The second-order valence-electron chi connectivity index (χ2n) is 6.24. The molecule has 0 spiro atoms. The van der Waals surface area contributed by atoms with E-state index in [0.29, 0.717) is 19.4 Å². The summed E-state index contributed by atoms with van der Waals surface area (Å²) in [5.74, 6) is -0.159. The van der Waals surface area contributed by atoms with E-state index in [-0.39, 0.29) is 24.1 Å². The molecular formula is C16H25ClN2O3S. The number of halogens is 1. The normalized spacial score (nSPS) is 17.1. The number of benzene rings is 1. The van der Waals surface area contributed by atoms with Crippen LogP contribution in [0.15, 0.2) is 24.3 Å². The van der Waals surface area contributed by atoms with E-state index in [0.717, 1.165) is 30.4 Å². The molecule has 1 amide bonds. The topological polar surface area (TPSA) is 89.3 Å². The molecule has 130 valence electrons. The van der Waals surface area contributed by atoms with E-state index in [1.807, 2.05) is 12.1 Å². The number of carbonyl (C=O) groups excluding carboxylic acids is 1. The summed E-state index contributed by atoms with van der Waals surface area (Å²) in [5, 5.41) is 2.88. The van der Waals surface area contributed by atoms with E-state index in [4.69, 9.17) is 5.73 Å². The first-order chi connectivity index (χ1) is 10.3. The Bertz CT molecular complexity index is 640. The van der Waals surface area contributed by atoms with Crippen LogP contribution in [0.25, 0.3) is 0 Å². The lowest BCUT2D eigenvalue weighted by molar-refractivity contribution is -0.127. The van der Waals surface area contributed by atoms with Gasteiger partial charge in [-0.05, 0) is 24.0 Å². The monoisotopic (exact) mass is 360 g/mol. The van der Waals surface area contributed by atoms with E-state index in [9.17, 15) is 13.2 Å². The lowest BCUT2D eigenvalue weighted by atomic mass is 9.82. The molecule has 23 heavy (non-hydrogen) atoms. The Hall–Kier alpha value is -1.11. The zero-order valence-electron chi connectivity index (χ0n) is 13.4. The van der Waals surface area contributed by atoms with Crippen molar-refractivity contribution >= 4 is 28.2 Å². The summed E-state index contributed by atoms with van der Waals surface area (Å²) in [6, 6.07) is 7.26. The maximum atomic E-state index is 12.3. The SMILES string of the molecule is CS(=O)(=O)Cc1ccccc1CNC(=O)C1(N)CCCCC1.Cl. The van der Waals surface area contributed by atoms with Crippen molar-refractivity contribution in [3.8, 4) is 0 Å². The number of nitrogens with one attached hydrogen (secondary N) is 1. The number of rotatable bonds is 5. The van der Waals surface area contributed by atoms with Crippen LogP contribution >= 0.6 is 12.4 Å². The minimum atomic E-state index is -3.11. The second kappa shape index (κ2) is 8.13. The standard InChI is InChI=1S/C16H24N2O3S.ClH/c1-22(20,21)12-14-8-4-3-7-13(14)11-18-15(19)16(17)9-5-2-6-10-16;/h3-4,7-8H,2,5-6,9-12,17H2,1H3,(H,18,19);1H. The highest BCUT2D eigenvalue weighted by Gasteiger charge is 2.34. The molecule has 7 heteroatoms. The summed E-state index contributed by atoms with van der Waals surface area (Å²) < 4.78 is 23.0. The van der Waals surface area contributed by atoms with Crippen molar-refractivity contribution in [3.05, 3.63) is 35.4 Å². The van der Waals surface area contributed by atoms with Crippen LogP contribution in [0.3, 0.4) is 0 Å². The van der Waals surface area contributed by atoms with Crippen molar-refractivity contribution < 1.29 is 13.2 Å². The summed E-state index contributed by atoms with van der Waals surface area (Å²) in [6.07, 6.45) is 5.72. The maximum absolute atomic E-state index is 12.3. The van der Waals surface area contributed by atoms with Gasteiger partial charge in [-0.2, -0.15) is 0 Å². The predicted molar refractivity (Wildman–Crippen MR) is 94.1 cm³/mol. The summed E-state index contributed by atoms with van der Waals surface area (Å²) in [4.78, 5) is 12.3. The van der Waals surface area contributed by atoms with Gasteiger partial charge in [0.1, 0.15) is 0 Å². The number of amides is 1. The fourth-order valence-electron chi connectivity index (χ4n) is 2.91. The molecule has 1 aromatic carbocycles. The van der Waals surface area contributed by atoms with Gasteiger partial charge in [0.15, 0.2) is 9.84 Å². The van der Waals surface area contributed by atoms with Crippen LogP contribution in [-0.2, 0) is 26.9 Å². The first-order valence-electron chi connectivity index (χ1n) is 7.62. The van der Waals surface area contributed by atoms with Crippen LogP contribution < -0.4 is 11.1 Å². The molecule has 0 atom stereocenters. The number of nitrogens with two attached hydrogens (primary N) is 1. The predicted octanol–water partition coefficient (Wildman–Crippen LogP) is 1.93. The number of hydrogen-bond donors (Lipinski definition) is 2. The largest absolute Gasteiger partial charge is 0.350 e. The molecule has 1 aliphatic carbocycles. The Morgan fingerprint density at radius 3 is 2.30 bits per heavy atom. The zero-order chi connectivity index (χ0) is 16.2. The first-order valence-corrected chi connectivity index (χ1v) is 9.68. The van der Waals surface area contributed by atoms with Crippen molar-refractivity contribution in [2.45, 2.75) is 49.9 Å². The van der Waals surface area contributed by atoms with Gasteiger partial charge >= 0.3 is 0 Å². The fourth-order valence-corrected chi connectivity index (χ4v) is 3.76. The molecule has 5 nitrogen and oxygen atoms in total. The Labute approximate surface area is 144 Å². The summed E-state index contributed by atoms with van der Waals surface area (Å²) in [5.41, 5.74) is 6.97. The number of hydrogen-bond acceptors (Lipinski definition) is 4. The molecular weight excluding hydrogens is 336 g/mol. The van der Waals surface area contributed by atoms with Gasteiger partial charge in [-0.1, -0.05) is 43.5 Å². The number of carbonyl (C=O) groups is 1. The zero-order valence-corrected chi connectivity index (χ0v) is 15.0. The quantitative estimate of drug-likeness (QED) is 0.839. The van der Waals surface area contributed by atoms with Crippen LogP contribution in [0, 0.1) is 0 Å². The Kier molecular flexibility index (Phi) is 7.04. The van der Waals surface area contributed by atoms with Gasteiger partial charge in [-0.3, -0.25) is 4.79 Å². The average Bonchev–Trinajstić information content (AvgIpc) is 2.45. The van der Waals surface area contributed by atoms with Crippen molar-refractivity contribution in [3.63, 3.8) is 0 Å². The molecule has 1 fully saturated rings. The Balaban J connectivity index is 0.00000264. The van der Waals surface area contributed by atoms with Gasteiger partial charge in [0.05, 0.1) is 11.3 Å². The Morgan fingerprint density at radius 1 is 1.17 bits per heavy atom. The van der Waals surface area contributed by atoms with E-state index < -0.39 is 15.4 Å². The van der Waals surface area contributed by atoms with E-state index in [1.54, 1.807) is 12.1 Å². The average molecular weight is 361 g/mol. The summed E-state index contributed by atoms with van der Waals surface area (Å²) >= 11 is 0. The van der Waals surface area contributed by atoms with Crippen molar-refractivity contribution in [1.29, 1.82) is 0 Å². The summed E-state index contributed by atoms with van der Waals surface area (Å²) in [6.45, 7) is 0.309. The van der Waals surface area contributed by atoms with Gasteiger partial charge in [-0.15, -0.1) is 12.4 Å². The molecule has 0 heterocycles. The minimum absolute atomic E-state index is 0. The van der Waals surface area contributed by atoms with Crippen molar-refractivity contribution in [2.24, 2.45) is 5.73 Å². The van der Waals surface area contributed by atoms with Crippen LogP contribution in [-0.4, -0.2) is 26.1 Å². The minimum Gasteiger partial charge on any atom is -0.350 e. The third kappa shape index (κ3) is 5.79. The van der Waals surface area contributed by atoms with Crippen molar-refractivity contribution in [1.82, 2.24) is 5.32 Å². The Morgan fingerprint density at radius 2 is 1.74 bits per heavy atom. The molecule has 0 bridgehead atoms. The summed E-state index contributed by atoms with van der Waals surface area (Å²) in [7, 11) is -3.11.